The van der Waals surface area contributed by atoms with E-state index in [0.29, 0.717) is 0 Å². The van der Waals surface area contributed by atoms with Gasteiger partial charge in [-0.15, -0.1) is 0 Å². The van der Waals surface area contributed by atoms with Crippen LogP contribution in [0.5, 0.6) is 0 Å². The second-order valence-corrected chi connectivity index (χ2v) is 2.32. The molecule has 0 aliphatic carbocycles. The Morgan fingerprint density at radius 2 is 1.75 bits per heavy atom. The summed E-state index contributed by atoms with van der Waals surface area (Å²) in [4.78, 5) is 0. The monoisotopic (exact) mass is 226 g/mol. The molecule has 0 aromatic carbocycles. The van der Waals surface area contributed by atoms with Crippen LogP contribution >= 0.6 is 0 Å². The first-order valence-electron chi connectivity index (χ1n) is 6.22. The molecule has 0 spiro atoms. The Morgan fingerprint density at radius 1 is 1.25 bits per heavy atom. The van der Waals surface area contributed by atoms with Gasteiger partial charge < -0.3 is 0 Å². The maximum Gasteiger partial charge on any atom is 0.0524 e. The van der Waals surface area contributed by atoms with Crippen LogP contribution in [0.1, 0.15) is 48.0 Å². The summed E-state index contributed by atoms with van der Waals surface area (Å²) >= 11 is 0. The number of nitrogens with one attached hydrogen (secondary N) is 1. The fourth-order valence-electron chi connectivity index (χ4n) is 0.928. The number of hydrogen-bond acceptors (Lipinski definition) is 2. The van der Waals surface area contributed by atoms with Crippen LogP contribution in [-0.4, -0.2) is 12.1 Å². The van der Waals surface area contributed by atoms with Crippen molar-refractivity contribution in [3.05, 3.63) is 36.7 Å². The minimum atomic E-state index is 1.01. The highest BCUT2D eigenvalue weighted by atomic mass is 15.5. The highest BCUT2D eigenvalue weighted by molar-refractivity contribution is 5.16. The Labute approximate surface area is 103 Å². The molecular formula is C14H30N2. The van der Waals surface area contributed by atoms with Gasteiger partial charge in [-0.1, -0.05) is 53.3 Å². The summed E-state index contributed by atoms with van der Waals surface area (Å²) in [7, 11) is 1.88. The lowest BCUT2D eigenvalue weighted by molar-refractivity contribution is 0.384. The molecule has 0 aromatic heterocycles. The Hall–Kier alpha value is -1.02. The van der Waals surface area contributed by atoms with Crippen molar-refractivity contribution in [3.63, 3.8) is 0 Å². The molecule has 0 saturated carbocycles. The Bertz CT molecular complexity index is 181. The van der Waals surface area contributed by atoms with Gasteiger partial charge in [0.25, 0.3) is 0 Å². The first-order valence-corrected chi connectivity index (χ1v) is 6.22. The zero-order valence-electron chi connectivity index (χ0n) is 12.2. The summed E-state index contributed by atoms with van der Waals surface area (Å²) in [6.07, 6.45) is 8.90. The van der Waals surface area contributed by atoms with E-state index in [-0.39, 0.29) is 0 Å². The van der Waals surface area contributed by atoms with Crippen molar-refractivity contribution in [2.24, 2.45) is 0 Å². The Balaban J connectivity index is -0.000000376. The number of rotatable bonds is 5. The van der Waals surface area contributed by atoms with E-state index >= 15 is 0 Å². The Morgan fingerprint density at radius 3 is 2.00 bits per heavy atom. The molecule has 0 unspecified atom stereocenters. The van der Waals surface area contributed by atoms with E-state index in [1.54, 1.807) is 0 Å². The topological polar surface area (TPSA) is 15.3 Å². The molecule has 0 aliphatic heterocycles. The number of nitrogens with zero attached hydrogens (tertiary/aromatic N) is 1. The van der Waals surface area contributed by atoms with Crippen LogP contribution < -0.4 is 5.43 Å². The van der Waals surface area contributed by atoms with Crippen LogP contribution in [0.4, 0.5) is 0 Å². The van der Waals surface area contributed by atoms with E-state index in [9.17, 15) is 0 Å². The minimum absolute atomic E-state index is 1.01. The zero-order valence-corrected chi connectivity index (χ0v) is 12.2. The quantitative estimate of drug-likeness (QED) is 0.549. The molecule has 0 fully saturated rings. The summed E-state index contributed by atoms with van der Waals surface area (Å²) in [5.74, 6) is 0. The van der Waals surface area contributed by atoms with E-state index in [1.165, 1.54) is 0 Å². The molecule has 0 bridgehead atoms. The molecule has 16 heavy (non-hydrogen) atoms. The summed E-state index contributed by atoms with van der Waals surface area (Å²) in [5.41, 5.74) is 4.13. The van der Waals surface area contributed by atoms with Crippen LogP contribution in [0.25, 0.3) is 0 Å². The molecule has 0 heterocycles. The van der Waals surface area contributed by atoms with E-state index in [1.807, 2.05) is 65.0 Å². The van der Waals surface area contributed by atoms with Crippen molar-refractivity contribution in [2.45, 2.75) is 48.0 Å². The van der Waals surface area contributed by atoms with Crippen molar-refractivity contribution < 1.29 is 0 Å². The minimum Gasteiger partial charge on any atom is -0.285 e. The highest BCUT2D eigenvalue weighted by Crippen LogP contribution is 2.03. The van der Waals surface area contributed by atoms with Gasteiger partial charge in [0.15, 0.2) is 0 Å². The third-order valence-electron chi connectivity index (χ3n) is 1.44. The fourth-order valence-corrected chi connectivity index (χ4v) is 0.928. The largest absolute Gasteiger partial charge is 0.285 e. The highest BCUT2D eigenvalue weighted by Gasteiger charge is 1.97. The van der Waals surface area contributed by atoms with Crippen LogP contribution in [0.15, 0.2) is 36.7 Å². The molecule has 1 N–H and O–H groups in total. The molecule has 2 heteroatoms. The summed E-state index contributed by atoms with van der Waals surface area (Å²) in [5, 5.41) is 1.93. The van der Waals surface area contributed by atoms with Gasteiger partial charge in [-0.25, -0.2) is 5.43 Å². The maximum absolute atomic E-state index is 3.75. The van der Waals surface area contributed by atoms with E-state index in [2.05, 4.69) is 25.0 Å². The molecule has 0 saturated heterocycles. The van der Waals surface area contributed by atoms with Crippen molar-refractivity contribution in [3.8, 4) is 0 Å². The van der Waals surface area contributed by atoms with E-state index < -0.39 is 0 Å². The fraction of sp³-hybridized carbons (Fsp3) is 0.571. The molecule has 0 aliphatic rings. The van der Waals surface area contributed by atoms with Crippen LogP contribution in [0.3, 0.4) is 0 Å². The average Bonchev–Trinajstić information content (AvgIpc) is 2.38. The molecule has 0 atom stereocenters. The molecule has 0 aromatic rings. The molecule has 0 radical (unpaired) electrons. The first-order chi connectivity index (χ1) is 7.79. The van der Waals surface area contributed by atoms with Gasteiger partial charge in [-0.3, -0.25) is 5.01 Å². The number of hydrogen-bond donors (Lipinski definition) is 1. The standard InChI is InChI=1S/C10H18N2.2C2H6/c1-5-8-10(7-3)12(11-4)9-6-2;2*1-2/h6-9,11H,3,5H2,1-2,4H3;2*1-2H3/b9-6-,10-8-;;. The lowest BCUT2D eigenvalue weighted by Crippen LogP contribution is -2.28. The Kier molecular flexibility index (Phi) is 24.9. The summed E-state index contributed by atoms with van der Waals surface area (Å²) in [6.45, 7) is 15.8. The lowest BCUT2D eigenvalue weighted by Gasteiger charge is -2.19. The van der Waals surface area contributed by atoms with E-state index in [4.69, 9.17) is 0 Å². The maximum atomic E-state index is 3.75. The molecule has 96 valence electrons. The van der Waals surface area contributed by atoms with Gasteiger partial charge in [0.1, 0.15) is 0 Å². The second-order valence-electron chi connectivity index (χ2n) is 2.32. The normalized spacial score (nSPS) is 9.81. The van der Waals surface area contributed by atoms with Crippen molar-refractivity contribution >= 4 is 0 Å². The average molecular weight is 226 g/mol. The SMILES string of the molecule is C=C/C(=C/CC)N(/C=C\C)NC.CC.CC. The smallest absolute Gasteiger partial charge is 0.0524 e. The third kappa shape index (κ3) is 11.1. The van der Waals surface area contributed by atoms with Crippen LogP contribution in [-0.2, 0) is 0 Å². The zero-order chi connectivity index (χ0) is 13.4. The van der Waals surface area contributed by atoms with Gasteiger partial charge in [-0.05, 0) is 19.4 Å². The van der Waals surface area contributed by atoms with Crippen LogP contribution in [0, 0.1) is 0 Å². The van der Waals surface area contributed by atoms with Crippen LogP contribution in [0.2, 0.25) is 0 Å². The van der Waals surface area contributed by atoms with Gasteiger partial charge in [0, 0.05) is 13.2 Å². The molecule has 0 amide bonds. The molecular weight excluding hydrogens is 196 g/mol. The van der Waals surface area contributed by atoms with Gasteiger partial charge in [0.2, 0.25) is 0 Å². The van der Waals surface area contributed by atoms with Crippen molar-refractivity contribution in [2.75, 3.05) is 7.05 Å². The predicted octanol–water partition coefficient (Wildman–Crippen LogP) is 4.49. The molecule has 2 nitrogen and oxygen atoms in total. The molecule has 0 rings (SSSR count). The summed E-state index contributed by atoms with van der Waals surface area (Å²) in [6, 6.07) is 0. The number of allylic oxidation sites excluding steroid dienone is 3. The third-order valence-corrected chi connectivity index (χ3v) is 1.44. The van der Waals surface area contributed by atoms with Gasteiger partial charge in [0.05, 0.1) is 5.70 Å². The van der Waals surface area contributed by atoms with Gasteiger partial charge in [-0.2, -0.15) is 0 Å². The lowest BCUT2D eigenvalue weighted by atomic mass is 10.3. The number of hydrazine groups is 1. The van der Waals surface area contributed by atoms with Crippen molar-refractivity contribution in [1.82, 2.24) is 10.4 Å². The second kappa shape index (κ2) is 19.5. The van der Waals surface area contributed by atoms with Crippen molar-refractivity contribution in [1.29, 1.82) is 0 Å². The first kappa shape index (κ1) is 20.4. The van der Waals surface area contributed by atoms with E-state index in [0.717, 1.165) is 12.1 Å². The summed E-state index contributed by atoms with van der Waals surface area (Å²) < 4.78 is 0. The predicted molar refractivity (Wildman–Crippen MR) is 77.0 cm³/mol. The van der Waals surface area contributed by atoms with Gasteiger partial charge >= 0.3 is 0 Å².